The number of nitrogens with one attached hydrogen (secondary N) is 2. The molecule has 1 atom stereocenters. The third-order valence-electron chi connectivity index (χ3n) is 4.26. The van der Waals surface area contributed by atoms with Crippen molar-refractivity contribution in [3.63, 3.8) is 0 Å². The van der Waals surface area contributed by atoms with Crippen molar-refractivity contribution in [3.05, 3.63) is 30.3 Å². The van der Waals surface area contributed by atoms with Crippen LogP contribution < -0.4 is 16.4 Å². The lowest BCUT2D eigenvalue weighted by Crippen LogP contribution is -2.47. The number of para-hydroxylation sites is 1. The number of piperidine rings is 1. The minimum atomic E-state index is -0.211. The lowest BCUT2D eigenvalue weighted by atomic mass is 9.95. The maximum Gasteiger partial charge on any atom is 0.217 e. The highest BCUT2D eigenvalue weighted by Crippen LogP contribution is 2.19. The molecule has 1 heterocycles. The van der Waals surface area contributed by atoms with Gasteiger partial charge in [-0.25, -0.2) is 0 Å². The highest BCUT2D eigenvalue weighted by molar-refractivity contribution is 5.80. The van der Waals surface area contributed by atoms with Crippen LogP contribution in [-0.2, 0) is 4.79 Å². The van der Waals surface area contributed by atoms with Gasteiger partial charge in [0.05, 0.1) is 0 Å². The smallest absolute Gasteiger partial charge is 0.217 e. The molecule has 132 valence electrons. The molecular formula is C18H29N5O. The normalized spacial score (nSPS) is 18.3. The molecule has 0 spiro atoms. The third-order valence-corrected chi connectivity index (χ3v) is 4.26. The summed E-state index contributed by atoms with van der Waals surface area (Å²) in [5.41, 5.74) is 6.47. The van der Waals surface area contributed by atoms with Gasteiger partial charge in [-0.1, -0.05) is 18.2 Å². The summed E-state index contributed by atoms with van der Waals surface area (Å²) in [6.07, 6.45) is 3.62. The van der Waals surface area contributed by atoms with E-state index in [1.165, 1.54) is 0 Å². The number of amides is 1. The molecule has 1 aromatic carbocycles. The van der Waals surface area contributed by atoms with Gasteiger partial charge < -0.3 is 21.3 Å². The van der Waals surface area contributed by atoms with Gasteiger partial charge in [-0.2, -0.15) is 0 Å². The van der Waals surface area contributed by atoms with Gasteiger partial charge in [-0.15, -0.1) is 0 Å². The Bertz CT molecular complexity index is 531. The van der Waals surface area contributed by atoms with Crippen LogP contribution in [0.15, 0.2) is 35.3 Å². The van der Waals surface area contributed by atoms with Crippen LogP contribution in [-0.4, -0.2) is 50.0 Å². The Morgan fingerprint density at radius 2 is 2.12 bits per heavy atom. The van der Waals surface area contributed by atoms with Gasteiger partial charge in [0.1, 0.15) is 0 Å². The number of aliphatic imine (C=N–C) groups is 1. The van der Waals surface area contributed by atoms with Gasteiger partial charge in [-0.3, -0.25) is 9.79 Å². The van der Waals surface area contributed by atoms with Crippen molar-refractivity contribution in [2.75, 3.05) is 38.5 Å². The Balaban J connectivity index is 1.69. The van der Waals surface area contributed by atoms with E-state index in [0.29, 0.717) is 12.3 Å². The molecule has 0 radical (unpaired) electrons. The summed E-state index contributed by atoms with van der Waals surface area (Å²) >= 11 is 0. The van der Waals surface area contributed by atoms with Crippen LogP contribution in [0.1, 0.15) is 25.7 Å². The molecule has 2 rings (SSSR count). The number of anilines is 1. The number of nitrogens with zero attached hydrogens (tertiary/aromatic N) is 2. The first-order valence-electron chi connectivity index (χ1n) is 8.72. The van der Waals surface area contributed by atoms with Crippen molar-refractivity contribution in [1.82, 2.24) is 10.2 Å². The Hall–Kier alpha value is -2.24. The van der Waals surface area contributed by atoms with Crippen LogP contribution in [0.3, 0.4) is 0 Å². The van der Waals surface area contributed by atoms with Gasteiger partial charge in [-0.05, 0) is 37.3 Å². The predicted molar refractivity (Wildman–Crippen MR) is 99.0 cm³/mol. The van der Waals surface area contributed by atoms with E-state index in [0.717, 1.165) is 57.1 Å². The summed E-state index contributed by atoms with van der Waals surface area (Å²) in [6.45, 7) is 3.61. The van der Waals surface area contributed by atoms with Crippen molar-refractivity contribution in [2.24, 2.45) is 16.6 Å². The number of likely N-dealkylation sites (tertiary alicyclic amines) is 1. The molecule has 24 heavy (non-hydrogen) atoms. The summed E-state index contributed by atoms with van der Waals surface area (Å²) in [7, 11) is 1.81. The molecule has 0 aliphatic carbocycles. The zero-order valence-corrected chi connectivity index (χ0v) is 14.5. The molecule has 6 heteroatoms. The van der Waals surface area contributed by atoms with Gasteiger partial charge in [0.25, 0.3) is 0 Å². The van der Waals surface area contributed by atoms with Crippen molar-refractivity contribution >= 4 is 17.6 Å². The fourth-order valence-electron chi connectivity index (χ4n) is 3.12. The first kappa shape index (κ1) is 18.1. The second kappa shape index (κ2) is 9.80. The van der Waals surface area contributed by atoms with Crippen LogP contribution in [0.4, 0.5) is 5.69 Å². The molecule has 1 aromatic rings. The summed E-state index contributed by atoms with van der Waals surface area (Å²) in [5.74, 6) is 1.05. The minimum Gasteiger partial charge on any atom is -0.385 e. The van der Waals surface area contributed by atoms with Crippen molar-refractivity contribution in [1.29, 1.82) is 0 Å². The number of guanidine groups is 1. The van der Waals surface area contributed by atoms with Crippen LogP contribution in [0.25, 0.3) is 0 Å². The summed E-state index contributed by atoms with van der Waals surface area (Å²) in [6, 6.07) is 10.2. The molecule has 4 N–H and O–H groups in total. The zero-order valence-electron chi connectivity index (χ0n) is 14.5. The second-order valence-corrected chi connectivity index (χ2v) is 6.25. The quantitative estimate of drug-likeness (QED) is 0.403. The van der Waals surface area contributed by atoms with E-state index in [-0.39, 0.29) is 5.91 Å². The summed E-state index contributed by atoms with van der Waals surface area (Å²) in [4.78, 5) is 17.7. The average molecular weight is 331 g/mol. The summed E-state index contributed by atoms with van der Waals surface area (Å²) in [5, 5.41) is 6.82. The van der Waals surface area contributed by atoms with Gasteiger partial charge >= 0.3 is 0 Å². The van der Waals surface area contributed by atoms with E-state index in [1.54, 1.807) is 0 Å². The van der Waals surface area contributed by atoms with E-state index >= 15 is 0 Å². The predicted octanol–water partition coefficient (Wildman–Crippen LogP) is 1.65. The maximum absolute atomic E-state index is 11.1. The number of nitrogens with two attached hydrogens (primary N) is 1. The van der Waals surface area contributed by atoms with Crippen LogP contribution in [0.5, 0.6) is 0 Å². The summed E-state index contributed by atoms with van der Waals surface area (Å²) < 4.78 is 0. The highest BCUT2D eigenvalue weighted by atomic mass is 16.1. The molecule has 1 saturated heterocycles. The van der Waals surface area contributed by atoms with E-state index in [1.807, 2.05) is 25.2 Å². The molecular weight excluding hydrogens is 302 g/mol. The topological polar surface area (TPSA) is 82.8 Å². The van der Waals surface area contributed by atoms with E-state index < -0.39 is 0 Å². The van der Waals surface area contributed by atoms with Crippen LogP contribution in [0, 0.1) is 5.92 Å². The lowest BCUT2D eigenvalue weighted by molar-refractivity contribution is -0.119. The largest absolute Gasteiger partial charge is 0.385 e. The Kier molecular flexibility index (Phi) is 7.39. The van der Waals surface area contributed by atoms with Crippen molar-refractivity contribution in [2.45, 2.75) is 25.7 Å². The lowest BCUT2D eigenvalue weighted by Gasteiger charge is -2.34. The zero-order chi connectivity index (χ0) is 17.2. The number of hydrogen-bond donors (Lipinski definition) is 3. The molecule has 1 aliphatic rings. The van der Waals surface area contributed by atoms with Crippen LogP contribution >= 0.6 is 0 Å². The molecule has 6 nitrogen and oxygen atoms in total. The number of primary amides is 1. The number of rotatable bonds is 7. The van der Waals surface area contributed by atoms with E-state index in [2.05, 4.69) is 32.7 Å². The SMILES string of the molecule is CN=C(NCCCNc1ccccc1)N1CCCC(CC(N)=O)C1. The molecule has 0 saturated carbocycles. The molecule has 0 bridgehead atoms. The number of hydrogen-bond acceptors (Lipinski definition) is 3. The minimum absolute atomic E-state index is 0.211. The maximum atomic E-state index is 11.1. The average Bonchev–Trinajstić information content (AvgIpc) is 2.58. The molecule has 1 fully saturated rings. The van der Waals surface area contributed by atoms with Gasteiger partial charge in [0.2, 0.25) is 5.91 Å². The number of carbonyl (C=O) groups is 1. The monoisotopic (exact) mass is 331 g/mol. The first-order chi connectivity index (χ1) is 11.7. The van der Waals surface area contributed by atoms with E-state index in [4.69, 9.17) is 5.73 Å². The molecule has 0 aromatic heterocycles. The molecule has 1 amide bonds. The van der Waals surface area contributed by atoms with Gasteiger partial charge in [0, 0.05) is 45.3 Å². The van der Waals surface area contributed by atoms with Crippen molar-refractivity contribution in [3.8, 4) is 0 Å². The fraction of sp³-hybridized carbons (Fsp3) is 0.556. The van der Waals surface area contributed by atoms with Crippen LogP contribution in [0.2, 0.25) is 0 Å². The third kappa shape index (κ3) is 6.10. The standard InChI is InChI=1S/C18H29N5O/c1-20-18(23-12-5-7-15(14-23)13-17(19)24)22-11-6-10-21-16-8-3-2-4-9-16/h2-4,8-9,15,21H,5-7,10-14H2,1H3,(H2,19,24)(H,20,22). The molecule has 1 unspecified atom stereocenters. The fourth-order valence-corrected chi connectivity index (χ4v) is 3.12. The van der Waals surface area contributed by atoms with Crippen molar-refractivity contribution < 1.29 is 4.79 Å². The Morgan fingerprint density at radius 1 is 1.33 bits per heavy atom. The van der Waals surface area contributed by atoms with Gasteiger partial charge in [0.15, 0.2) is 5.96 Å². The number of benzene rings is 1. The second-order valence-electron chi connectivity index (χ2n) is 6.25. The Morgan fingerprint density at radius 3 is 2.83 bits per heavy atom. The Labute approximate surface area is 144 Å². The first-order valence-corrected chi connectivity index (χ1v) is 8.72. The number of carbonyl (C=O) groups excluding carboxylic acids is 1. The highest BCUT2D eigenvalue weighted by Gasteiger charge is 2.23. The van der Waals surface area contributed by atoms with E-state index in [9.17, 15) is 4.79 Å². The molecule has 1 aliphatic heterocycles.